The predicted octanol–water partition coefficient (Wildman–Crippen LogP) is -0.650. The Hall–Kier alpha value is -1.18. The molecule has 0 radical (unpaired) electrons. The lowest BCUT2D eigenvalue weighted by molar-refractivity contribution is -0.150. The van der Waals surface area contributed by atoms with E-state index in [1.165, 1.54) is 19.1 Å². The number of carboxylic acids is 1. The molecule has 0 bridgehead atoms. The first-order valence-corrected chi connectivity index (χ1v) is 5.72. The van der Waals surface area contributed by atoms with Crippen LogP contribution in [0.5, 0.6) is 0 Å². The van der Waals surface area contributed by atoms with Gasteiger partial charge in [-0.25, -0.2) is 4.79 Å². The molecule has 0 aromatic carbocycles. The van der Waals surface area contributed by atoms with Gasteiger partial charge in [0, 0.05) is 27.2 Å². The third-order valence-electron chi connectivity index (χ3n) is 2.86. The molecule has 1 aliphatic heterocycles. The molecular formula is C11H19NO6. The van der Waals surface area contributed by atoms with Crippen LogP contribution in [0.2, 0.25) is 0 Å². The van der Waals surface area contributed by atoms with Crippen LogP contribution in [0.25, 0.3) is 0 Å². The molecule has 7 nitrogen and oxygen atoms in total. The molecule has 1 aliphatic rings. The summed E-state index contributed by atoms with van der Waals surface area (Å²) in [4.78, 5) is 24.2. The van der Waals surface area contributed by atoms with Gasteiger partial charge in [-0.2, -0.15) is 0 Å². The third kappa shape index (κ3) is 3.94. The van der Waals surface area contributed by atoms with Crippen LogP contribution in [0, 0.1) is 0 Å². The zero-order valence-corrected chi connectivity index (χ0v) is 10.6. The molecule has 1 heterocycles. The molecule has 1 N–H and O–H groups in total. The summed E-state index contributed by atoms with van der Waals surface area (Å²) >= 11 is 0. The van der Waals surface area contributed by atoms with E-state index in [0.717, 1.165) is 0 Å². The lowest BCUT2D eigenvalue weighted by Crippen LogP contribution is -2.42. The fraction of sp³-hybridized carbons (Fsp3) is 0.818. The number of ether oxygens (including phenoxy) is 3. The molecule has 0 aromatic rings. The minimum Gasteiger partial charge on any atom is -0.480 e. The summed E-state index contributed by atoms with van der Waals surface area (Å²) in [6, 6.07) is -0.825. The average Bonchev–Trinajstić information content (AvgIpc) is 2.78. The summed E-state index contributed by atoms with van der Waals surface area (Å²) in [5.41, 5.74) is 0. The molecular weight excluding hydrogens is 242 g/mol. The predicted molar refractivity (Wildman–Crippen MR) is 61.2 cm³/mol. The monoisotopic (exact) mass is 261 g/mol. The summed E-state index contributed by atoms with van der Waals surface area (Å²) in [7, 11) is 3.04. The molecule has 0 aliphatic carbocycles. The second-order valence-corrected chi connectivity index (χ2v) is 4.04. The maximum atomic E-state index is 11.8. The Morgan fingerprint density at radius 2 is 2.06 bits per heavy atom. The molecule has 0 spiro atoms. The van der Waals surface area contributed by atoms with Gasteiger partial charge >= 0.3 is 5.97 Å². The van der Waals surface area contributed by atoms with Crippen LogP contribution in [0.4, 0.5) is 0 Å². The fourth-order valence-electron chi connectivity index (χ4n) is 1.86. The van der Waals surface area contributed by atoms with Crippen molar-refractivity contribution in [2.45, 2.75) is 18.6 Å². The zero-order chi connectivity index (χ0) is 13.5. The van der Waals surface area contributed by atoms with E-state index < -0.39 is 12.0 Å². The van der Waals surface area contributed by atoms with Gasteiger partial charge in [0.15, 0.2) is 0 Å². The van der Waals surface area contributed by atoms with Crippen LogP contribution in [0.1, 0.15) is 6.42 Å². The first-order chi connectivity index (χ1) is 8.60. The maximum absolute atomic E-state index is 11.8. The largest absolute Gasteiger partial charge is 0.480 e. The van der Waals surface area contributed by atoms with Crippen molar-refractivity contribution < 1.29 is 28.9 Å². The molecule has 104 valence electrons. The molecule has 1 rings (SSSR count). The molecule has 0 aromatic heterocycles. The lowest BCUT2D eigenvalue weighted by atomic mass is 10.2. The van der Waals surface area contributed by atoms with E-state index in [1.807, 2.05) is 0 Å². The Labute approximate surface area is 106 Å². The molecule has 2 unspecified atom stereocenters. The van der Waals surface area contributed by atoms with Crippen molar-refractivity contribution in [3.63, 3.8) is 0 Å². The summed E-state index contributed by atoms with van der Waals surface area (Å²) < 4.78 is 15.0. The quantitative estimate of drug-likeness (QED) is 0.613. The van der Waals surface area contributed by atoms with Crippen molar-refractivity contribution in [3.8, 4) is 0 Å². The van der Waals surface area contributed by atoms with E-state index in [4.69, 9.17) is 19.3 Å². The number of rotatable bonds is 7. The van der Waals surface area contributed by atoms with Crippen LogP contribution in [0.15, 0.2) is 0 Å². The van der Waals surface area contributed by atoms with E-state index in [9.17, 15) is 9.59 Å². The molecule has 18 heavy (non-hydrogen) atoms. The highest BCUT2D eigenvalue weighted by Gasteiger charge is 2.39. The van der Waals surface area contributed by atoms with Gasteiger partial charge in [-0.05, 0) is 0 Å². The molecule has 0 saturated carbocycles. The standard InChI is InChI=1S/C11H19NO6/c1-16-3-4-18-7-10(13)12-6-8(17-2)5-9(12)11(14)15/h8-9H,3-7H2,1-2H3,(H,14,15). The second kappa shape index (κ2) is 7.30. The van der Waals surface area contributed by atoms with Gasteiger partial charge in [0.2, 0.25) is 5.91 Å². The van der Waals surface area contributed by atoms with E-state index in [1.54, 1.807) is 0 Å². The number of carbonyl (C=O) groups excluding carboxylic acids is 1. The highest BCUT2D eigenvalue weighted by atomic mass is 16.5. The number of amides is 1. The number of likely N-dealkylation sites (tertiary alicyclic amines) is 1. The van der Waals surface area contributed by atoms with Crippen LogP contribution >= 0.6 is 0 Å². The Kier molecular flexibility index (Phi) is 6.03. The van der Waals surface area contributed by atoms with Crippen molar-refractivity contribution in [3.05, 3.63) is 0 Å². The van der Waals surface area contributed by atoms with Gasteiger partial charge in [-0.3, -0.25) is 4.79 Å². The summed E-state index contributed by atoms with van der Waals surface area (Å²) in [5, 5.41) is 9.05. The smallest absolute Gasteiger partial charge is 0.326 e. The SMILES string of the molecule is COCCOCC(=O)N1CC(OC)CC1C(=O)O. The number of aliphatic carboxylic acids is 1. The van der Waals surface area contributed by atoms with E-state index >= 15 is 0 Å². The van der Waals surface area contributed by atoms with Crippen molar-refractivity contribution in [2.75, 3.05) is 40.6 Å². The van der Waals surface area contributed by atoms with Crippen molar-refractivity contribution in [1.29, 1.82) is 0 Å². The van der Waals surface area contributed by atoms with Crippen molar-refractivity contribution in [2.24, 2.45) is 0 Å². The number of nitrogens with zero attached hydrogens (tertiary/aromatic N) is 1. The number of methoxy groups -OCH3 is 2. The van der Waals surface area contributed by atoms with Gasteiger partial charge < -0.3 is 24.2 Å². The zero-order valence-electron chi connectivity index (χ0n) is 10.6. The first-order valence-electron chi connectivity index (χ1n) is 5.72. The van der Waals surface area contributed by atoms with Gasteiger partial charge in [-0.1, -0.05) is 0 Å². The molecule has 1 fully saturated rings. The highest BCUT2D eigenvalue weighted by molar-refractivity contribution is 5.85. The summed E-state index contributed by atoms with van der Waals surface area (Å²) in [6.45, 7) is 0.862. The van der Waals surface area contributed by atoms with Crippen LogP contribution in [-0.2, 0) is 23.8 Å². The number of carbonyl (C=O) groups is 2. The van der Waals surface area contributed by atoms with E-state index in [-0.39, 0.29) is 18.6 Å². The fourth-order valence-corrected chi connectivity index (χ4v) is 1.86. The summed E-state index contributed by atoms with van der Waals surface area (Å²) in [6.07, 6.45) is 0.0874. The van der Waals surface area contributed by atoms with Crippen molar-refractivity contribution in [1.82, 2.24) is 4.90 Å². The summed E-state index contributed by atoms with van der Waals surface area (Å²) in [5.74, 6) is -1.35. The molecule has 2 atom stereocenters. The van der Waals surface area contributed by atoms with Crippen LogP contribution in [0.3, 0.4) is 0 Å². The lowest BCUT2D eigenvalue weighted by Gasteiger charge is -2.21. The maximum Gasteiger partial charge on any atom is 0.326 e. The first kappa shape index (κ1) is 14.9. The number of hydrogen-bond donors (Lipinski definition) is 1. The number of carboxylic acid groups (broad SMARTS) is 1. The van der Waals surface area contributed by atoms with Gasteiger partial charge in [0.25, 0.3) is 0 Å². The van der Waals surface area contributed by atoms with Gasteiger partial charge in [-0.15, -0.1) is 0 Å². The number of hydrogen-bond acceptors (Lipinski definition) is 5. The van der Waals surface area contributed by atoms with Gasteiger partial charge in [0.1, 0.15) is 12.6 Å². The molecule has 1 amide bonds. The minimum absolute atomic E-state index is 0.135. The van der Waals surface area contributed by atoms with E-state index in [2.05, 4.69) is 0 Å². The minimum atomic E-state index is -1.01. The topological polar surface area (TPSA) is 85.3 Å². The van der Waals surface area contributed by atoms with Crippen LogP contribution in [-0.4, -0.2) is 74.6 Å². The Balaban J connectivity index is 2.46. The van der Waals surface area contributed by atoms with E-state index in [0.29, 0.717) is 26.2 Å². The highest BCUT2D eigenvalue weighted by Crippen LogP contribution is 2.20. The Bertz CT molecular complexity index is 295. The molecule has 1 saturated heterocycles. The Morgan fingerprint density at radius 1 is 1.33 bits per heavy atom. The van der Waals surface area contributed by atoms with Gasteiger partial charge in [0.05, 0.1) is 19.3 Å². The second-order valence-electron chi connectivity index (χ2n) is 4.04. The van der Waals surface area contributed by atoms with Crippen LogP contribution < -0.4 is 0 Å². The molecule has 7 heteroatoms. The average molecular weight is 261 g/mol. The van der Waals surface area contributed by atoms with Crippen molar-refractivity contribution >= 4 is 11.9 Å². The third-order valence-corrected chi connectivity index (χ3v) is 2.86. The normalized spacial score (nSPS) is 23.3. The Morgan fingerprint density at radius 3 is 2.61 bits per heavy atom.